The van der Waals surface area contributed by atoms with Crippen molar-refractivity contribution in [2.45, 2.75) is 38.5 Å². The van der Waals surface area contributed by atoms with Gasteiger partial charge in [0.1, 0.15) is 0 Å². The minimum absolute atomic E-state index is 0.0760. The van der Waals surface area contributed by atoms with Crippen molar-refractivity contribution < 1.29 is 2.74 Å². The third-order valence-electron chi connectivity index (χ3n) is 4.28. The summed E-state index contributed by atoms with van der Waals surface area (Å²) in [7, 11) is 0. The average Bonchev–Trinajstić information content (AvgIpc) is 2.60. The molecule has 0 saturated carbocycles. The van der Waals surface area contributed by atoms with Crippen LogP contribution in [0.2, 0.25) is 0 Å². The number of hydrogen-bond donors (Lipinski definition) is 0. The van der Waals surface area contributed by atoms with Crippen LogP contribution in [-0.2, 0) is 12.8 Å². The van der Waals surface area contributed by atoms with E-state index in [0.717, 1.165) is 25.7 Å². The molecule has 3 rings (SSSR count). The zero-order chi connectivity index (χ0) is 16.8. The summed E-state index contributed by atoms with van der Waals surface area (Å²) in [6, 6.07) is 20.5. The number of rotatable bonds is 4. The van der Waals surface area contributed by atoms with Gasteiger partial charge in [0.15, 0.2) is 0 Å². The molecule has 0 aliphatic heterocycles. The van der Waals surface area contributed by atoms with Crippen LogP contribution in [-0.4, -0.2) is 0 Å². The molecule has 0 bridgehead atoms. The van der Waals surface area contributed by atoms with Crippen LogP contribution in [0.5, 0.6) is 0 Å². The van der Waals surface area contributed by atoms with E-state index in [0.29, 0.717) is 6.42 Å². The van der Waals surface area contributed by atoms with Crippen LogP contribution < -0.4 is 0 Å². The number of benzene rings is 2. The Labute approximate surface area is 137 Å². The van der Waals surface area contributed by atoms with E-state index in [1.807, 2.05) is 36.4 Å². The van der Waals surface area contributed by atoms with Crippen molar-refractivity contribution in [2.24, 2.45) is 11.8 Å². The van der Waals surface area contributed by atoms with Crippen molar-refractivity contribution in [2.75, 3.05) is 0 Å². The summed E-state index contributed by atoms with van der Waals surface area (Å²) in [5.74, 6) is 5.51. The van der Waals surface area contributed by atoms with Crippen LogP contribution in [0.25, 0.3) is 0 Å². The van der Waals surface area contributed by atoms with E-state index < -0.39 is 12.3 Å². The summed E-state index contributed by atoms with van der Waals surface area (Å²) in [6.07, 6.45) is 3.52. The lowest BCUT2D eigenvalue weighted by molar-refractivity contribution is 0.305. The van der Waals surface area contributed by atoms with Gasteiger partial charge in [-0.15, -0.1) is 11.8 Å². The molecule has 3 atom stereocenters. The van der Waals surface area contributed by atoms with Gasteiger partial charge < -0.3 is 0 Å². The maximum absolute atomic E-state index is 9.24. The maximum Gasteiger partial charge on any atom is 0.0405 e. The maximum atomic E-state index is 9.24. The second kappa shape index (κ2) is 7.85. The lowest BCUT2D eigenvalue weighted by Gasteiger charge is -2.27. The Hall–Kier alpha value is -2.00. The van der Waals surface area contributed by atoms with Crippen LogP contribution in [0.15, 0.2) is 60.7 Å². The van der Waals surface area contributed by atoms with E-state index in [1.165, 1.54) is 11.1 Å². The summed E-state index contributed by atoms with van der Waals surface area (Å²) >= 11 is 0. The molecule has 0 heteroatoms. The molecule has 1 aliphatic carbocycles. The molecular weight excluding hydrogens is 264 g/mol. The van der Waals surface area contributed by atoms with E-state index in [9.17, 15) is 1.37 Å². The Kier molecular flexibility index (Phi) is 4.47. The fraction of sp³-hybridized carbons (Fsp3) is 0.364. The van der Waals surface area contributed by atoms with Crippen LogP contribution >= 0.6 is 0 Å². The molecule has 22 heavy (non-hydrogen) atoms. The topological polar surface area (TPSA) is 0 Å². The summed E-state index contributed by atoms with van der Waals surface area (Å²) in [5.41, 5.74) is 2.39. The highest BCUT2D eigenvalue weighted by Gasteiger charge is 2.22. The number of hydrogen-bond acceptors (Lipinski definition) is 0. The average molecular weight is 290 g/mol. The summed E-state index contributed by atoms with van der Waals surface area (Å²) in [6.45, 7) is 0. The molecule has 0 heterocycles. The van der Waals surface area contributed by atoms with Gasteiger partial charge in [0, 0.05) is 15.6 Å². The standard InChI is InChI=1S/C22H24/c1-2-10-16-22(18-20-13-7-4-8-14-20)21(15-9-1)17-19-11-5-3-6-12-19/h3-8,11-14,21-22H,1,9,15-18H2/i16D,21D. The molecule has 0 N–H and O–H groups in total. The summed E-state index contributed by atoms with van der Waals surface area (Å²) < 4.78 is 17.8. The molecule has 0 fully saturated rings. The van der Waals surface area contributed by atoms with Gasteiger partial charge in [0.05, 0.1) is 0 Å². The lowest BCUT2D eigenvalue weighted by atomic mass is 9.77. The lowest BCUT2D eigenvalue weighted by Crippen LogP contribution is -2.20. The largest absolute Gasteiger partial charge is 0.103 e. The molecule has 0 spiro atoms. The monoisotopic (exact) mass is 290 g/mol. The van der Waals surface area contributed by atoms with Crippen molar-refractivity contribution >= 4 is 0 Å². The fourth-order valence-corrected chi connectivity index (χ4v) is 3.09. The predicted molar refractivity (Wildman–Crippen MR) is 93.5 cm³/mol. The molecule has 0 radical (unpaired) electrons. The Morgan fingerprint density at radius 1 is 0.909 bits per heavy atom. The molecule has 0 aromatic heterocycles. The van der Waals surface area contributed by atoms with Gasteiger partial charge in [-0.25, -0.2) is 0 Å². The third kappa shape index (κ3) is 4.25. The molecule has 2 aromatic rings. The van der Waals surface area contributed by atoms with E-state index >= 15 is 0 Å². The van der Waals surface area contributed by atoms with Gasteiger partial charge in [-0.2, -0.15) is 0 Å². The second-order valence-electron chi connectivity index (χ2n) is 5.96. The molecule has 0 amide bonds. The summed E-state index contributed by atoms with van der Waals surface area (Å²) in [5, 5.41) is 0. The first-order valence-corrected chi connectivity index (χ1v) is 8.16. The SMILES string of the molecule is [2H]C1C#CCCCC([2H])(Cc2ccccc2)C1Cc1ccccc1. The quantitative estimate of drug-likeness (QED) is 0.672. The normalized spacial score (nSPS) is 29.3. The van der Waals surface area contributed by atoms with Crippen LogP contribution in [0.3, 0.4) is 0 Å². The van der Waals surface area contributed by atoms with Crippen molar-refractivity contribution in [3.05, 3.63) is 71.8 Å². The molecule has 0 saturated heterocycles. The first-order chi connectivity index (χ1) is 11.7. The Morgan fingerprint density at radius 2 is 1.55 bits per heavy atom. The first-order valence-electron chi connectivity index (χ1n) is 9.24. The highest BCUT2D eigenvalue weighted by molar-refractivity contribution is 5.19. The minimum Gasteiger partial charge on any atom is -0.103 e. The van der Waals surface area contributed by atoms with Gasteiger partial charge in [-0.05, 0) is 48.6 Å². The highest BCUT2D eigenvalue weighted by atomic mass is 14.3. The van der Waals surface area contributed by atoms with Crippen LogP contribution in [0, 0.1) is 23.7 Å². The highest BCUT2D eigenvalue weighted by Crippen LogP contribution is 2.29. The first kappa shape index (κ1) is 12.5. The van der Waals surface area contributed by atoms with Gasteiger partial charge in [-0.3, -0.25) is 0 Å². The zero-order valence-electron chi connectivity index (χ0n) is 15.0. The van der Waals surface area contributed by atoms with Gasteiger partial charge in [0.25, 0.3) is 0 Å². The fourth-order valence-electron chi connectivity index (χ4n) is 3.09. The minimum atomic E-state index is -0.640. The molecule has 0 nitrogen and oxygen atoms in total. The van der Waals surface area contributed by atoms with E-state index in [2.05, 4.69) is 36.1 Å². The second-order valence-corrected chi connectivity index (χ2v) is 5.96. The molecule has 3 unspecified atom stereocenters. The van der Waals surface area contributed by atoms with Gasteiger partial charge >= 0.3 is 0 Å². The Morgan fingerprint density at radius 3 is 2.23 bits per heavy atom. The van der Waals surface area contributed by atoms with E-state index in [1.54, 1.807) is 0 Å². The van der Waals surface area contributed by atoms with Crippen molar-refractivity contribution in [3.8, 4) is 11.8 Å². The van der Waals surface area contributed by atoms with E-state index in [4.69, 9.17) is 1.37 Å². The predicted octanol–water partition coefficient (Wildman–Crippen LogP) is 5.28. The molecule has 112 valence electrons. The molecule has 2 aromatic carbocycles. The molecular formula is C22H24. The Balaban J connectivity index is 1.91. The van der Waals surface area contributed by atoms with E-state index in [-0.39, 0.29) is 5.92 Å². The van der Waals surface area contributed by atoms with Gasteiger partial charge in [-0.1, -0.05) is 60.7 Å². The van der Waals surface area contributed by atoms with Crippen molar-refractivity contribution in [3.63, 3.8) is 0 Å². The van der Waals surface area contributed by atoms with Crippen LogP contribution in [0.1, 0.15) is 39.5 Å². The summed E-state index contributed by atoms with van der Waals surface area (Å²) in [4.78, 5) is 0. The smallest absolute Gasteiger partial charge is 0.0405 e. The van der Waals surface area contributed by atoms with Crippen molar-refractivity contribution in [1.29, 1.82) is 0 Å². The zero-order valence-corrected chi connectivity index (χ0v) is 13.0. The van der Waals surface area contributed by atoms with Crippen molar-refractivity contribution in [1.82, 2.24) is 0 Å². The molecule has 1 aliphatic rings. The van der Waals surface area contributed by atoms with Crippen LogP contribution in [0.4, 0.5) is 0 Å². The Bertz CT molecular complexity index is 699. The third-order valence-corrected chi connectivity index (χ3v) is 4.28. The van der Waals surface area contributed by atoms with Gasteiger partial charge in [0.2, 0.25) is 0 Å².